The van der Waals surface area contributed by atoms with Crippen LogP contribution in [0.4, 0.5) is 11.4 Å². The van der Waals surface area contributed by atoms with E-state index in [2.05, 4.69) is 17.8 Å². The number of nitrogens with two attached hydrogens (primary N) is 2. The van der Waals surface area contributed by atoms with Crippen molar-refractivity contribution in [3.8, 4) is 12.3 Å². The molecule has 0 aliphatic heterocycles. The molecule has 3 heteroatoms. The van der Waals surface area contributed by atoms with E-state index in [-0.39, 0.29) is 0 Å². The average molecular weight is 187 g/mol. The Morgan fingerprint density at radius 3 is 2.79 bits per heavy atom. The van der Waals surface area contributed by atoms with Gasteiger partial charge in [-0.3, -0.25) is 0 Å². The van der Waals surface area contributed by atoms with Crippen LogP contribution in [0.2, 0.25) is 0 Å². The number of nitrogen functional groups attached to an aromatic ring is 1. The van der Waals surface area contributed by atoms with E-state index >= 15 is 0 Å². The highest BCUT2D eigenvalue weighted by molar-refractivity contribution is 5.68. The minimum Gasteiger partial charge on any atom is -0.401 e. The van der Waals surface area contributed by atoms with Crippen molar-refractivity contribution in [2.45, 2.75) is 0 Å². The van der Waals surface area contributed by atoms with Crippen LogP contribution >= 0.6 is 0 Å². The molecule has 0 bridgehead atoms. The van der Waals surface area contributed by atoms with Gasteiger partial charge in [-0.25, -0.2) is 0 Å². The van der Waals surface area contributed by atoms with Crippen LogP contribution < -0.4 is 16.8 Å². The van der Waals surface area contributed by atoms with Crippen molar-refractivity contribution in [1.82, 2.24) is 0 Å². The van der Waals surface area contributed by atoms with Crippen LogP contribution in [-0.4, -0.2) is 6.54 Å². The van der Waals surface area contributed by atoms with Gasteiger partial charge in [-0.1, -0.05) is 12.5 Å². The number of hydrogen-bond acceptors (Lipinski definition) is 3. The van der Waals surface area contributed by atoms with Crippen LogP contribution in [0.15, 0.2) is 30.5 Å². The van der Waals surface area contributed by atoms with Crippen LogP contribution in [0.25, 0.3) is 0 Å². The van der Waals surface area contributed by atoms with E-state index in [1.54, 1.807) is 6.07 Å². The molecule has 0 aromatic heterocycles. The second kappa shape index (κ2) is 4.24. The first-order valence-electron chi connectivity index (χ1n) is 4.16. The molecule has 0 spiro atoms. The Morgan fingerprint density at radius 1 is 1.57 bits per heavy atom. The Balaban J connectivity index is 2.80. The van der Waals surface area contributed by atoms with Gasteiger partial charge in [0.15, 0.2) is 0 Å². The van der Waals surface area contributed by atoms with Crippen molar-refractivity contribution < 1.29 is 0 Å². The molecule has 3 nitrogen and oxygen atoms in total. The SMILES string of the molecule is C#Cc1ccc(NCC(=C)N)c(N)c1. The van der Waals surface area contributed by atoms with Gasteiger partial charge in [-0.15, -0.1) is 6.42 Å². The van der Waals surface area contributed by atoms with Crippen LogP contribution in [-0.2, 0) is 0 Å². The first kappa shape index (κ1) is 10.0. The molecular formula is C11H13N3. The largest absolute Gasteiger partial charge is 0.401 e. The lowest BCUT2D eigenvalue weighted by molar-refractivity contribution is 1.18. The maximum atomic E-state index is 5.75. The topological polar surface area (TPSA) is 64.1 Å². The molecule has 0 unspecified atom stereocenters. The highest BCUT2D eigenvalue weighted by Gasteiger charge is 1.98. The van der Waals surface area contributed by atoms with E-state index in [0.717, 1.165) is 11.3 Å². The molecule has 0 saturated heterocycles. The van der Waals surface area contributed by atoms with E-state index in [9.17, 15) is 0 Å². The third-order valence-electron chi connectivity index (χ3n) is 1.72. The number of rotatable bonds is 3. The van der Waals surface area contributed by atoms with Gasteiger partial charge in [0.05, 0.1) is 17.9 Å². The second-order valence-corrected chi connectivity index (χ2v) is 2.96. The molecule has 1 aromatic rings. The van der Waals surface area contributed by atoms with Gasteiger partial charge in [0, 0.05) is 11.3 Å². The molecule has 5 N–H and O–H groups in total. The fourth-order valence-electron chi connectivity index (χ4n) is 1.02. The summed E-state index contributed by atoms with van der Waals surface area (Å²) in [6, 6.07) is 5.38. The van der Waals surface area contributed by atoms with Crippen molar-refractivity contribution in [2.75, 3.05) is 17.6 Å². The molecule has 14 heavy (non-hydrogen) atoms. The average Bonchev–Trinajstić information content (AvgIpc) is 2.15. The summed E-state index contributed by atoms with van der Waals surface area (Å²) >= 11 is 0. The molecule has 72 valence electrons. The molecule has 0 saturated carbocycles. The summed E-state index contributed by atoms with van der Waals surface area (Å²) in [6.07, 6.45) is 5.23. The van der Waals surface area contributed by atoms with Gasteiger partial charge in [0.25, 0.3) is 0 Å². The van der Waals surface area contributed by atoms with Crippen LogP contribution in [0.1, 0.15) is 5.56 Å². The summed E-state index contributed by atoms with van der Waals surface area (Å²) in [4.78, 5) is 0. The Hall–Kier alpha value is -2.08. The molecule has 1 rings (SSSR count). The Kier molecular flexibility index (Phi) is 3.03. The van der Waals surface area contributed by atoms with Crippen molar-refractivity contribution in [3.05, 3.63) is 36.0 Å². The first-order chi connectivity index (χ1) is 6.63. The summed E-state index contributed by atoms with van der Waals surface area (Å²) in [5.74, 6) is 2.51. The van der Waals surface area contributed by atoms with E-state index in [0.29, 0.717) is 17.9 Å². The minimum atomic E-state index is 0.500. The lowest BCUT2D eigenvalue weighted by atomic mass is 10.2. The lowest BCUT2D eigenvalue weighted by Gasteiger charge is -2.08. The molecule has 0 fully saturated rings. The molecule has 0 radical (unpaired) electrons. The van der Waals surface area contributed by atoms with Crippen LogP contribution in [0, 0.1) is 12.3 Å². The normalized spacial score (nSPS) is 9.07. The smallest absolute Gasteiger partial charge is 0.0577 e. The van der Waals surface area contributed by atoms with Crippen LogP contribution in [0.5, 0.6) is 0 Å². The van der Waals surface area contributed by atoms with Crippen LogP contribution in [0.3, 0.4) is 0 Å². The van der Waals surface area contributed by atoms with E-state index in [1.165, 1.54) is 0 Å². The molecule has 0 amide bonds. The van der Waals surface area contributed by atoms with Gasteiger partial charge in [-0.05, 0) is 18.2 Å². The maximum absolute atomic E-state index is 5.75. The zero-order chi connectivity index (χ0) is 10.6. The number of terminal acetylenes is 1. The van der Waals surface area contributed by atoms with E-state index < -0.39 is 0 Å². The minimum absolute atomic E-state index is 0.500. The summed E-state index contributed by atoms with van der Waals surface area (Å²) in [6.45, 7) is 4.08. The Labute approximate surface area is 83.8 Å². The van der Waals surface area contributed by atoms with Gasteiger partial charge in [-0.2, -0.15) is 0 Å². The quantitative estimate of drug-likeness (QED) is 0.491. The summed E-state index contributed by atoms with van der Waals surface area (Å²) < 4.78 is 0. The molecule has 0 atom stereocenters. The Bertz CT molecular complexity index is 388. The number of anilines is 2. The van der Waals surface area contributed by atoms with Crippen molar-refractivity contribution in [3.63, 3.8) is 0 Å². The third kappa shape index (κ3) is 2.46. The molecule has 0 heterocycles. The first-order valence-corrected chi connectivity index (χ1v) is 4.16. The number of nitrogens with one attached hydrogen (secondary N) is 1. The monoisotopic (exact) mass is 187 g/mol. The zero-order valence-corrected chi connectivity index (χ0v) is 7.88. The van der Waals surface area contributed by atoms with Gasteiger partial charge < -0.3 is 16.8 Å². The predicted molar refractivity (Wildman–Crippen MR) is 60.6 cm³/mol. The highest BCUT2D eigenvalue weighted by atomic mass is 14.9. The second-order valence-electron chi connectivity index (χ2n) is 2.96. The predicted octanol–water partition coefficient (Wildman–Crippen LogP) is 1.13. The number of benzene rings is 1. The van der Waals surface area contributed by atoms with Gasteiger partial charge in [0.2, 0.25) is 0 Å². The lowest BCUT2D eigenvalue weighted by Crippen LogP contribution is -2.11. The van der Waals surface area contributed by atoms with Crippen molar-refractivity contribution in [1.29, 1.82) is 0 Å². The van der Waals surface area contributed by atoms with Gasteiger partial charge in [0.1, 0.15) is 0 Å². The standard InChI is InChI=1S/C11H13N3/c1-3-9-4-5-11(10(13)6-9)14-7-8(2)12/h1,4-6,14H,2,7,12-13H2. The molecular weight excluding hydrogens is 174 g/mol. The summed E-state index contributed by atoms with van der Waals surface area (Å²) in [5, 5.41) is 3.05. The number of hydrogen-bond donors (Lipinski definition) is 3. The zero-order valence-electron chi connectivity index (χ0n) is 7.88. The molecule has 0 aliphatic carbocycles. The third-order valence-corrected chi connectivity index (χ3v) is 1.72. The van der Waals surface area contributed by atoms with Crippen molar-refractivity contribution >= 4 is 11.4 Å². The maximum Gasteiger partial charge on any atom is 0.0577 e. The molecule has 0 aliphatic rings. The van der Waals surface area contributed by atoms with Gasteiger partial charge >= 0.3 is 0 Å². The molecule has 1 aromatic carbocycles. The Morgan fingerprint density at radius 2 is 2.29 bits per heavy atom. The summed E-state index contributed by atoms with van der Waals surface area (Å²) in [5.41, 5.74) is 13.9. The fourth-order valence-corrected chi connectivity index (χ4v) is 1.02. The van der Waals surface area contributed by atoms with Crippen molar-refractivity contribution in [2.24, 2.45) is 5.73 Å². The fraction of sp³-hybridized carbons (Fsp3) is 0.0909. The van der Waals surface area contributed by atoms with E-state index in [4.69, 9.17) is 17.9 Å². The summed E-state index contributed by atoms with van der Waals surface area (Å²) in [7, 11) is 0. The highest BCUT2D eigenvalue weighted by Crippen LogP contribution is 2.19. The van der Waals surface area contributed by atoms with E-state index in [1.807, 2.05) is 12.1 Å².